The normalized spacial score (nSPS) is 14.8. The number of amides is 2. The lowest BCUT2D eigenvalue weighted by Crippen LogP contribution is -2.48. The molecule has 2 rings (SSSR count). The van der Waals surface area contributed by atoms with Gasteiger partial charge in [0.1, 0.15) is 6.54 Å². The minimum atomic E-state index is -0.284. The first kappa shape index (κ1) is 17.2. The number of hydrogen-bond acceptors (Lipinski definition) is 3. The molecular weight excluding hydrogens is 312 g/mol. The van der Waals surface area contributed by atoms with E-state index in [9.17, 15) is 9.59 Å². The number of carbonyl (C=O) groups is 2. The van der Waals surface area contributed by atoms with Gasteiger partial charge >= 0.3 is 0 Å². The lowest BCUT2D eigenvalue weighted by Gasteiger charge is -2.20. The van der Waals surface area contributed by atoms with Gasteiger partial charge in [-0.1, -0.05) is 18.6 Å². The van der Waals surface area contributed by atoms with Crippen LogP contribution in [0.5, 0.6) is 0 Å². The van der Waals surface area contributed by atoms with Crippen molar-refractivity contribution in [3.8, 4) is 0 Å². The van der Waals surface area contributed by atoms with E-state index in [2.05, 4.69) is 16.2 Å². The van der Waals surface area contributed by atoms with Crippen LogP contribution in [0.25, 0.3) is 0 Å². The maximum Gasteiger partial charge on any atom is 0.257 e. The monoisotopic (exact) mass is 334 g/mol. The molecule has 0 radical (unpaired) electrons. The van der Waals surface area contributed by atoms with Crippen LogP contribution in [0.3, 0.4) is 0 Å². The van der Waals surface area contributed by atoms with Gasteiger partial charge in [-0.3, -0.25) is 20.4 Å². The second kappa shape index (κ2) is 8.47. The molecule has 3 N–H and O–H groups in total. The third kappa shape index (κ3) is 5.86. The van der Waals surface area contributed by atoms with E-state index in [1.165, 1.54) is 0 Å². The Hall–Kier alpha value is -2.15. The van der Waals surface area contributed by atoms with Gasteiger partial charge in [-0.15, -0.1) is 0 Å². The molecule has 0 aromatic heterocycles. The van der Waals surface area contributed by atoms with E-state index in [-0.39, 0.29) is 18.4 Å². The van der Waals surface area contributed by atoms with Gasteiger partial charge in [0.05, 0.1) is 0 Å². The van der Waals surface area contributed by atoms with E-state index >= 15 is 0 Å². The molecule has 0 saturated carbocycles. The highest BCUT2D eigenvalue weighted by molar-refractivity contribution is 7.80. The Morgan fingerprint density at radius 3 is 2.87 bits per heavy atom. The molecule has 1 aromatic rings. The third-order valence-electron chi connectivity index (χ3n) is 3.60. The predicted molar refractivity (Wildman–Crippen MR) is 93.7 cm³/mol. The summed E-state index contributed by atoms with van der Waals surface area (Å²) in [5.41, 5.74) is 7.13. The van der Waals surface area contributed by atoms with Crippen LogP contribution in [0, 0.1) is 6.92 Å². The number of anilines is 1. The fourth-order valence-corrected chi connectivity index (χ4v) is 2.60. The van der Waals surface area contributed by atoms with Gasteiger partial charge in [-0.2, -0.15) is 0 Å². The summed E-state index contributed by atoms with van der Waals surface area (Å²) in [5, 5.41) is 3.28. The Balaban J connectivity index is 1.75. The number of nitrogens with zero attached hydrogens (tertiary/aromatic N) is 1. The molecule has 23 heavy (non-hydrogen) atoms. The summed E-state index contributed by atoms with van der Waals surface area (Å²) in [6, 6.07) is 7.75. The van der Waals surface area contributed by atoms with E-state index in [0.29, 0.717) is 18.1 Å². The highest BCUT2D eigenvalue weighted by atomic mass is 32.1. The number of hydrazine groups is 1. The summed E-state index contributed by atoms with van der Waals surface area (Å²) in [7, 11) is 0. The molecule has 124 valence electrons. The number of carbonyl (C=O) groups excluding carboxylic acids is 2. The zero-order valence-electron chi connectivity index (χ0n) is 13.2. The average molecular weight is 334 g/mol. The molecule has 7 heteroatoms. The molecule has 0 spiro atoms. The number of likely N-dealkylation sites (tertiary alicyclic amines) is 1. The third-order valence-corrected chi connectivity index (χ3v) is 3.80. The number of thiocarbonyl (C=S) groups is 1. The van der Waals surface area contributed by atoms with Crippen LogP contribution in [-0.4, -0.2) is 34.9 Å². The minimum absolute atomic E-state index is 0.0399. The van der Waals surface area contributed by atoms with Crippen LogP contribution in [0.2, 0.25) is 0 Å². The summed E-state index contributed by atoms with van der Waals surface area (Å²) in [6.45, 7) is 2.68. The van der Waals surface area contributed by atoms with Crippen molar-refractivity contribution in [3.63, 3.8) is 0 Å². The molecule has 1 aliphatic rings. The Morgan fingerprint density at radius 1 is 1.26 bits per heavy atom. The quantitative estimate of drug-likeness (QED) is 0.580. The molecule has 1 aliphatic heterocycles. The van der Waals surface area contributed by atoms with Gasteiger partial charge in [0, 0.05) is 18.7 Å². The largest absolute Gasteiger partial charge is 0.333 e. The Labute approximate surface area is 141 Å². The number of nitrogens with one attached hydrogen (secondary N) is 3. The Kier molecular flexibility index (Phi) is 6.34. The molecule has 1 aromatic carbocycles. The summed E-state index contributed by atoms with van der Waals surface area (Å²) < 4.78 is 0. The summed E-state index contributed by atoms with van der Waals surface area (Å²) in [5.74, 6) is -0.244. The van der Waals surface area contributed by atoms with E-state index < -0.39 is 0 Å². The summed E-state index contributed by atoms with van der Waals surface area (Å²) in [6.07, 6.45) is 3.40. The molecule has 6 nitrogen and oxygen atoms in total. The van der Waals surface area contributed by atoms with Crippen LogP contribution >= 0.6 is 12.2 Å². The van der Waals surface area contributed by atoms with E-state index in [4.69, 9.17) is 12.2 Å². The van der Waals surface area contributed by atoms with Crippen molar-refractivity contribution in [3.05, 3.63) is 29.8 Å². The van der Waals surface area contributed by atoms with Crippen LogP contribution in [0.4, 0.5) is 5.69 Å². The fourth-order valence-electron chi connectivity index (χ4n) is 2.43. The highest BCUT2D eigenvalue weighted by Gasteiger charge is 2.19. The van der Waals surface area contributed by atoms with Gasteiger partial charge in [0.15, 0.2) is 5.11 Å². The van der Waals surface area contributed by atoms with Crippen molar-refractivity contribution < 1.29 is 9.59 Å². The lowest BCUT2D eigenvalue weighted by molar-refractivity contribution is -0.135. The first-order chi connectivity index (χ1) is 11.0. The molecule has 2 amide bonds. The Morgan fingerprint density at radius 2 is 2.09 bits per heavy atom. The van der Waals surface area contributed by atoms with Crippen molar-refractivity contribution in [2.75, 3.05) is 18.4 Å². The van der Waals surface area contributed by atoms with Crippen molar-refractivity contribution in [1.29, 1.82) is 0 Å². The predicted octanol–water partition coefficient (Wildman–Crippen LogP) is 1.72. The summed E-state index contributed by atoms with van der Waals surface area (Å²) >= 11 is 5.13. The van der Waals surface area contributed by atoms with Gasteiger partial charge in [-0.25, -0.2) is 0 Å². The smallest absolute Gasteiger partial charge is 0.257 e. The van der Waals surface area contributed by atoms with Crippen molar-refractivity contribution >= 4 is 34.8 Å². The fraction of sp³-hybridized carbons (Fsp3) is 0.438. The maximum atomic E-state index is 11.9. The zero-order valence-corrected chi connectivity index (χ0v) is 14.0. The second-order valence-corrected chi connectivity index (χ2v) is 6.03. The molecule has 0 unspecified atom stereocenters. The zero-order chi connectivity index (χ0) is 16.7. The number of hydrogen-bond donors (Lipinski definition) is 3. The molecule has 0 bridgehead atoms. The van der Waals surface area contributed by atoms with Crippen LogP contribution in [-0.2, 0) is 9.59 Å². The molecule has 1 heterocycles. The Bertz CT molecular complexity index is 591. The van der Waals surface area contributed by atoms with Crippen molar-refractivity contribution in [2.45, 2.75) is 32.6 Å². The van der Waals surface area contributed by atoms with E-state index in [1.54, 1.807) is 4.90 Å². The average Bonchev–Trinajstić information content (AvgIpc) is 2.70. The van der Waals surface area contributed by atoms with Crippen LogP contribution < -0.4 is 16.2 Å². The minimum Gasteiger partial charge on any atom is -0.333 e. The molecule has 0 atom stereocenters. The van der Waals surface area contributed by atoms with Crippen molar-refractivity contribution in [2.24, 2.45) is 0 Å². The number of aryl methyl sites for hydroxylation is 1. The summed E-state index contributed by atoms with van der Waals surface area (Å²) in [4.78, 5) is 25.4. The number of rotatable bonds is 3. The van der Waals surface area contributed by atoms with E-state index in [0.717, 1.165) is 30.5 Å². The molecule has 0 aliphatic carbocycles. The van der Waals surface area contributed by atoms with Gasteiger partial charge in [0.2, 0.25) is 5.91 Å². The molecular formula is C16H22N4O2S. The van der Waals surface area contributed by atoms with Crippen LogP contribution in [0.1, 0.15) is 31.2 Å². The second-order valence-electron chi connectivity index (χ2n) is 5.62. The number of benzene rings is 1. The van der Waals surface area contributed by atoms with Gasteiger partial charge < -0.3 is 10.2 Å². The van der Waals surface area contributed by atoms with Gasteiger partial charge in [-0.05, 0) is 49.7 Å². The topological polar surface area (TPSA) is 73.5 Å². The van der Waals surface area contributed by atoms with Gasteiger partial charge in [0.25, 0.3) is 5.91 Å². The van der Waals surface area contributed by atoms with Crippen molar-refractivity contribution in [1.82, 2.24) is 15.8 Å². The highest BCUT2D eigenvalue weighted by Crippen LogP contribution is 2.10. The SMILES string of the molecule is Cc1cccc(NC(=S)NNC(=O)CN2CCCCCC2=O)c1. The molecule has 1 fully saturated rings. The van der Waals surface area contributed by atoms with E-state index in [1.807, 2.05) is 31.2 Å². The molecule has 1 saturated heterocycles. The van der Waals surface area contributed by atoms with Crippen LogP contribution in [0.15, 0.2) is 24.3 Å². The lowest BCUT2D eigenvalue weighted by atomic mass is 10.2. The standard InChI is InChI=1S/C16H22N4O2S/c1-12-6-5-7-13(10-12)17-16(23)19-18-14(21)11-20-9-4-2-3-8-15(20)22/h5-7,10H,2-4,8-9,11H2,1H3,(H,18,21)(H2,17,19,23). The first-order valence-corrected chi connectivity index (χ1v) is 8.16. The maximum absolute atomic E-state index is 11.9. The first-order valence-electron chi connectivity index (χ1n) is 7.75.